The summed E-state index contributed by atoms with van der Waals surface area (Å²) in [5, 5.41) is 19.2. The number of fused-ring (bicyclic) bond motifs is 1. The van der Waals surface area contributed by atoms with E-state index in [2.05, 4.69) is 15.4 Å². The molecule has 2 aromatic heterocycles. The fourth-order valence-corrected chi connectivity index (χ4v) is 3.44. The Labute approximate surface area is 166 Å². The second-order valence-corrected chi connectivity index (χ2v) is 6.81. The maximum Gasteiger partial charge on any atom is 0.293 e. The molecule has 0 radical (unpaired) electrons. The molecule has 8 nitrogen and oxygen atoms in total. The molecule has 2 N–H and O–H groups in total. The van der Waals surface area contributed by atoms with Crippen molar-refractivity contribution in [3.63, 3.8) is 0 Å². The summed E-state index contributed by atoms with van der Waals surface area (Å²) in [6.07, 6.45) is 1.74. The van der Waals surface area contributed by atoms with Gasteiger partial charge in [-0.3, -0.25) is 14.9 Å². The molecule has 0 aliphatic carbocycles. The number of amides is 1. The van der Waals surface area contributed by atoms with E-state index in [-0.39, 0.29) is 23.3 Å². The van der Waals surface area contributed by atoms with E-state index in [1.807, 2.05) is 48.9 Å². The number of para-hydroxylation sites is 2. The number of nitro groups is 1. The zero-order chi connectivity index (χ0) is 20.5. The van der Waals surface area contributed by atoms with Gasteiger partial charge >= 0.3 is 0 Å². The second-order valence-electron chi connectivity index (χ2n) is 6.81. The lowest BCUT2D eigenvalue weighted by Gasteiger charge is -2.13. The van der Waals surface area contributed by atoms with Crippen molar-refractivity contribution < 1.29 is 9.72 Å². The Hall–Kier alpha value is -3.94. The van der Waals surface area contributed by atoms with Crippen LogP contribution in [0.1, 0.15) is 34.7 Å². The predicted molar refractivity (Wildman–Crippen MR) is 109 cm³/mol. The van der Waals surface area contributed by atoms with E-state index < -0.39 is 4.92 Å². The Morgan fingerprint density at radius 1 is 1.21 bits per heavy atom. The van der Waals surface area contributed by atoms with Crippen LogP contribution in [0.4, 0.5) is 5.69 Å². The Morgan fingerprint density at radius 2 is 1.97 bits per heavy atom. The number of carbonyl (C=O) groups is 1. The number of nitrogens with zero attached hydrogens (tertiary/aromatic N) is 3. The molecule has 1 atom stereocenters. The van der Waals surface area contributed by atoms with Crippen LogP contribution in [-0.2, 0) is 0 Å². The summed E-state index contributed by atoms with van der Waals surface area (Å²) < 4.78 is 1.82. The standard InChI is InChI=1S/C21H19N5O3/c1-13(17-12-22-25(14(17)2)16-8-4-3-5-9-16)23-21(27)18-11-15-7-6-10-19(26(28)29)20(15)24-18/h3-13,24H,1-2H3,(H,23,27). The van der Waals surface area contributed by atoms with Gasteiger partial charge in [0.15, 0.2) is 0 Å². The lowest BCUT2D eigenvalue weighted by molar-refractivity contribution is -0.383. The smallest absolute Gasteiger partial charge is 0.293 e. The maximum atomic E-state index is 12.7. The third-order valence-electron chi connectivity index (χ3n) is 4.94. The van der Waals surface area contributed by atoms with E-state index in [9.17, 15) is 14.9 Å². The third kappa shape index (κ3) is 3.36. The van der Waals surface area contributed by atoms with Gasteiger partial charge in [-0.1, -0.05) is 30.3 Å². The van der Waals surface area contributed by atoms with Crippen LogP contribution < -0.4 is 5.32 Å². The number of benzene rings is 2. The Kier molecular flexibility index (Phi) is 4.59. The summed E-state index contributed by atoms with van der Waals surface area (Å²) in [5.41, 5.74) is 3.31. The van der Waals surface area contributed by atoms with Gasteiger partial charge in [0.25, 0.3) is 11.6 Å². The third-order valence-corrected chi connectivity index (χ3v) is 4.94. The molecule has 0 bridgehead atoms. The highest BCUT2D eigenvalue weighted by atomic mass is 16.6. The first-order valence-electron chi connectivity index (χ1n) is 9.12. The summed E-state index contributed by atoms with van der Waals surface area (Å²) in [4.78, 5) is 26.3. The molecular weight excluding hydrogens is 370 g/mol. The van der Waals surface area contributed by atoms with Gasteiger partial charge in [-0.05, 0) is 32.0 Å². The molecular formula is C21H19N5O3. The van der Waals surface area contributed by atoms with E-state index in [1.165, 1.54) is 6.07 Å². The number of rotatable bonds is 5. The molecule has 0 aliphatic heterocycles. The van der Waals surface area contributed by atoms with Crippen LogP contribution in [0, 0.1) is 17.0 Å². The Balaban J connectivity index is 1.58. The first kappa shape index (κ1) is 18.4. The van der Waals surface area contributed by atoms with Gasteiger partial charge in [0, 0.05) is 22.7 Å². The number of hydrogen-bond acceptors (Lipinski definition) is 4. The monoisotopic (exact) mass is 389 g/mol. The Bertz CT molecular complexity index is 1210. The number of H-pyrrole nitrogens is 1. The minimum absolute atomic E-state index is 0.0606. The summed E-state index contributed by atoms with van der Waals surface area (Å²) in [5.74, 6) is -0.338. The first-order chi connectivity index (χ1) is 14.0. The molecule has 0 saturated carbocycles. The fraction of sp³-hybridized carbons (Fsp3) is 0.143. The van der Waals surface area contributed by atoms with E-state index >= 15 is 0 Å². The molecule has 0 saturated heterocycles. The van der Waals surface area contributed by atoms with Crippen LogP contribution in [0.15, 0.2) is 60.8 Å². The summed E-state index contributed by atoms with van der Waals surface area (Å²) in [7, 11) is 0. The number of non-ortho nitro benzene ring substituents is 1. The highest BCUT2D eigenvalue weighted by molar-refractivity contribution is 6.00. The van der Waals surface area contributed by atoms with Gasteiger partial charge in [0.2, 0.25) is 0 Å². The van der Waals surface area contributed by atoms with Crippen LogP contribution in [0.25, 0.3) is 16.6 Å². The molecule has 0 aliphatic rings. The molecule has 4 rings (SSSR count). The molecule has 8 heteroatoms. The number of nitrogens with one attached hydrogen (secondary N) is 2. The number of aromatic amines is 1. The zero-order valence-corrected chi connectivity index (χ0v) is 15.9. The van der Waals surface area contributed by atoms with Crippen molar-refractivity contribution in [1.29, 1.82) is 0 Å². The van der Waals surface area contributed by atoms with E-state index in [1.54, 1.807) is 24.4 Å². The molecule has 2 heterocycles. The summed E-state index contributed by atoms with van der Waals surface area (Å²) in [6, 6.07) is 15.8. The van der Waals surface area contributed by atoms with Crippen molar-refractivity contribution in [3.05, 3.63) is 87.9 Å². The fourth-order valence-electron chi connectivity index (χ4n) is 3.44. The number of aromatic nitrogens is 3. The molecule has 0 spiro atoms. The molecule has 0 fully saturated rings. The van der Waals surface area contributed by atoms with Gasteiger partial charge in [-0.2, -0.15) is 5.10 Å². The molecule has 1 amide bonds. The lowest BCUT2D eigenvalue weighted by atomic mass is 10.1. The quantitative estimate of drug-likeness (QED) is 0.396. The van der Waals surface area contributed by atoms with Crippen molar-refractivity contribution >= 4 is 22.5 Å². The molecule has 1 unspecified atom stereocenters. The average Bonchev–Trinajstić information content (AvgIpc) is 3.32. The normalized spacial score (nSPS) is 12.1. The van der Waals surface area contributed by atoms with Gasteiger partial charge in [0.1, 0.15) is 11.2 Å². The van der Waals surface area contributed by atoms with Crippen molar-refractivity contribution in [1.82, 2.24) is 20.1 Å². The minimum atomic E-state index is -0.468. The van der Waals surface area contributed by atoms with Crippen molar-refractivity contribution in [2.24, 2.45) is 0 Å². The van der Waals surface area contributed by atoms with Crippen LogP contribution in [0.2, 0.25) is 0 Å². The Morgan fingerprint density at radius 3 is 2.69 bits per heavy atom. The molecule has 2 aromatic carbocycles. The summed E-state index contributed by atoms with van der Waals surface area (Å²) in [6.45, 7) is 3.83. The van der Waals surface area contributed by atoms with Crippen molar-refractivity contribution in [2.45, 2.75) is 19.9 Å². The van der Waals surface area contributed by atoms with Gasteiger partial charge in [0.05, 0.1) is 22.8 Å². The number of carbonyl (C=O) groups excluding carboxylic acids is 1. The molecule has 29 heavy (non-hydrogen) atoms. The van der Waals surface area contributed by atoms with E-state index in [0.717, 1.165) is 16.9 Å². The first-order valence-corrected chi connectivity index (χ1v) is 9.12. The lowest BCUT2D eigenvalue weighted by Crippen LogP contribution is -2.27. The molecule has 4 aromatic rings. The van der Waals surface area contributed by atoms with Gasteiger partial charge < -0.3 is 10.3 Å². The molecule has 146 valence electrons. The largest absolute Gasteiger partial charge is 0.345 e. The van der Waals surface area contributed by atoms with Crippen LogP contribution >= 0.6 is 0 Å². The van der Waals surface area contributed by atoms with Crippen LogP contribution in [0.5, 0.6) is 0 Å². The summed E-state index contributed by atoms with van der Waals surface area (Å²) >= 11 is 0. The predicted octanol–water partition coefficient (Wildman–Crippen LogP) is 4.06. The van der Waals surface area contributed by atoms with Crippen molar-refractivity contribution in [2.75, 3.05) is 0 Å². The van der Waals surface area contributed by atoms with E-state index in [4.69, 9.17) is 0 Å². The van der Waals surface area contributed by atoms with Gasteiger partial charge in [-0.15, -0.1) is 0 Å². The second kappa shape index (κ2) is 7.23. The van der Waals surface area contributed by atoms with Crippen LogP contribution in [0.3, 0.4) is 0 Å². The topological polar surface area (TPSA) is 106 Å². The average molecular weight is 389 g/mol. The van der Waals surface area contributed by atoms with Crippen molar-refractivity contribution in [3.8, 4) is 5.69 Å². The number of hydrogen-bond donors (Lipinski definition) is 2. The minimum Gasteiger partial charge on any atom is -0.345 e. The zero-order valence-electron chi connectivity index (χ0n) is 15.9. The highest BCUT2D eigenvalue weighted by Gasteiger charge is 2.20. The van der Waals surface area contributed by atoms with Gasteiger partial charge in [-0.25, -0.2) is 4.68 Å². The number of nitro benzene ring substituents is 1. The van der Waals surface area contributed by atoms with Crippen LogP contribution in [-0.4, -0.2) is 25.6 Å². The highest BCUT2D eigenvalue weighted by Crippen LogP contribution is 2.26. The SMILES string of the molecule is Cc1c(C(C)NC(=O)c2cc3cccc([N+](=O)[O-])c3[nH]2)cnn1-c1ccccc1. The maximum absolute atomic E-state index is 12.7. The van der Waals surface area contributed by atoms with E-state index in [0.29, 0.717) is 10.9 Å².